The van der Waals surface area contributed by atoms with Crippen molar-refractivity contribution < 1.29 is 0 Å². The first-order chi connectivity index (χ1) is 9.18. The van der Waals surface area contributed by atoms with Gasteiger partial charge >= 0.3 is 0 Å². The molecule has 0 unspecified atom stereocenters. The number of nitrogens with one attached hydrogen (secondary N) is 1. The van der Waals surface area contributed by atoms with Crippen molar-refractivity contribution in [2.45, 2.75) is 6.42 Å². The Morgan fingerprint density at radius 3 is 3.05 bits per heavy atom. The monoisotopic (exact) mass is 320 g/mol. The minimum atomic E-state index is 0.522. The van der Waals surface area contributed by atoms with E-state index in [1.807, 2.05) is 0 Å². The van der Waals surface area contributed by atoms with Gasteiger partial charge in [0.2, 0.25) is 0 Å². The van der Waals surface area contributed by atoms with Crippen LogP contribution in [0, 0.1) is 0 Å². The molecule has 6 nitrogen and oxygen atoms in total. The first-order valence-corrected chi connectivity index (χ1v) is 7.01. The fourth-order valence-corrected chi connectivity index (χ4v) is 2.77. The van der Waals surface area contributed by atoms with Crippen LogP contribution in [-0.4, -0.2) is 48.6 Å². The van der Waals surface area contributed by atoms with Crippen molar-refractivity contribution in [3.63, 3.8) is 0 Å². The number of nitrogen functional groups attached to an aromatic ring is 1. The van der Waals surface area contributed by atoms with E-state index >= 15 is 0 Å². The molecule has 1 saturated heterocycles. The maximum absolute atomic E-state index is 6.09. The third-order valence-electron chi connectivity index (χ3n) is 3.27. The van der Waals surface area contributed by atoms with Crippen molar-refractivity contribution in [1.82, 2.24) is 19.9 Å². The predicted octanol–water partition coefficient (Wildman–Crippen LogP) is -0.333. The summed E-state index contributed by atoms with van der Waals surface area (Å²) in [6, 6.07) is 0. The highest BCUT2D eigenvalue weighted by Gasteiger charge is 2.19. The van der Waals surface area contributed by atoms with Crippen LogP contribution in [0.15, 0.2) is 10.7 Å². The van der Waals surface area contributed by atoms with E-state index in [2.05, 4.69) is 36.2 Å². The Labute approximate surface area is 120 Å². The molecule has 0 bridgehead atoms. The van der Waals surface area contributed by atoms with Gasteiger partial charge < -0.3 is 16.0 Å². The van der Waals surface area contributed by atoms with Crippen molar-refractivity contribution in [1.29, 1.82) is 0 Å². The molecule has 0 amide bonds. The Balaban J connectivity index is 2.11. The molecule has 3 heterocycles. The van der Waals surface area contributed by atoms with Gasteiger partial charge in [0.15, 0.2) is 5.65 Å². The Kier molecular flexibility index (Phi) is 3.36. The van der Waals surface area contributed by atoms with E-state index in [0.29, 0.717) is 16.9 Å². The lowest BCUT2D eigenvalue weighted by Gasteiger charge is -2.23. The molecule has 3 rings (SSSR count). The molecular formula is C11H14BBrN6. The Bertz CT molecular complexity index is 605. The molecule has 0 saturated carbocycles. The highest BCUT2D eigenvalue weighted by atomic mass is 79.9. The smallest absolute Gasteiger partial charge is 0.152 e. The van der Waals surface area contributed by atoms with Gasteiger partial charge in [-0.25, -0.2) is 4.98 Å². The van der Waals surface area contributed by atoms with Crippen molar-refractivity contribution in [3.8, 4) is 0 Å². The molecule has 0 aliphatic carbocycles. The van der Waals surface area contributed by atoms with E-state index < -0.39 is 0 Å². The summed E-state index contributed by atoms with van der Waals surface area (Å²) < 4.78 is 2.32. The Morgan fingerprint density at radius 1 is 1.37 bits per heavy atom. The van der Waals surface area contributed by atoms with Gasteiger partial charge in [-0.2, -0.15) is 9.61 Å². The fraction of sp³-hybridized carbons (Fsp3) is 0.455. The van der Waals surface area contributed by atoms with E-state index in [1.54, 1.807) is 10.7 Å². The molecule has 19 heavy (non-hydrogen) atoms. The van der Waals surface area contributed by atoms with E-state index in [4.69, 9.17) is 13.6 Å². The lowest BCUT2D eigenvalue weighted by atomic mass is 10.0. The van der Waals surface area contributed by atoms with Crippen LogP contribution in [0.4, 0.5) is 11.6 Å². The summed E-state index contributed by atoms with van der Waals surface area (Å²) in [4.78, 5) is 6.82. The minimum Gasteiger partial charge on any atom is -0.383 e. The van der Waals surface area contributed by atoms with Gasteiger partial charge in [0.1, 0.15) is 24.0 Å². The number of aromatic nitrogens is 3. The quantitative estimate of drug-likeness (QED) is 0.704. The Morgan fingerprint density at radius 2 is 2.21 bits per heavy atom. The van der Waals surface area contributed by atoms with Gasteiger partial charge in [-0.05, 0) is 34.4 Å². The molecule has 0 aromatic carbocycles. The predicted molar refractivity (Wildman–Crippen MR) is 80.2 cm³/mol. The maximum Gasteiger partial charge on any atom is 0.152 e. The third-order valence-corrected chi connectivity index (χ3v) is 4.03. The number of halogens is 1. The zero-order valence-corrected chi connectivity index (χ0v) is 12.0. The molecule has 1 aliphatic heterocycles. The maximum atomic E-state index is 6.09. The number of fused-ring (bicyclic) bond motifs is 1. The van der Waals surface area contributed by atoms with Crippen LogP contribution in [0.2, 0.25) is 0 Å². The third kappa shape index (κ3) is 2.19. The first kappa shape index (κ1) is 12.7. The molecular weight excluding hydrogens is 307 g/mol. The van der Waals surface area contributed by atoms with Gasteiger partial charge in [-0.1, -0.05) is 0 Å². The molecule has 2 aromatic heterocycles. The van der Waals surface area contributed by atoms with Gasteiger partial charge in [-0.3, -0.25) is 0 Å². The lowest BCUT2D eigenvalue weighted by Crippen LogP contribution is -2.29. The van der Waals surface area contributed by atoms with Gasteiger partial charge in [0.25, 0.3) is 0 Å². The van der Waals surface area contributed by atoms with Crippen molar-refractivity contribution in [2.24, 2.45) is 0 Å². The van der Waals surface area contributed by atoms with Gasteiger partial charge in [-0.15, -0.1) is 0 Å². The van der Waals surface area contributed by atoms with Crippen LogP contribution in [-0.2, 0) is 0 Å². The molecule has 1 aliphatic rings. The number of hydrogen-bond acceptors (Lipinski definition) is 5. The van der Waals surface area contributed by atoms with E-state index in [9.17, 15) is 0 Å². The second-order valence-corrected chi connectivity index (χ2v) is 5.35. The molecule has 0 atom stereocenters. The number of rotatable bonds is 1. The average molecular weight is 321 g/mol. The van der Waals surface area contributed by atoms with Crippen molar-refractivity contribution in [3.05, 3.63) is 10.7 Å². The van der Waals surface area contributed by atoms with E-state index in [-0.39, 0.29) is 0 Å². The van der Waals surface area contributed by atoms with Crippen molar-refractivity contribution >= 4 is 46.5 Å². The van der Waals surface area contributed by atoms with Gasteiger partial charge in [0.05, 0.1) is 0 Å². The topological polar surface area (TPSA) is 71.5 Å². The van der Waals surface area contributed by atoms with E-state index in [1.165, 1.54) is 0 Å². The molecule has 0 spiro atoms. The zero-order chi connectivity index (χ0) is 13.4. The number of hydrogen-bond donors (Lipinski definition) is 2. The molecule has 98 valence electrons. The second-order valence-electron chi connectivity index (χ2n) is 4.56. The first-order valence-electron chi connectivity index (χ1n) is 6.22. The summed E-state index contributed by atoms with van der Waals surface area (Å²) in [5.41, 5.74) is 7.23. The minimum absolute atomic E-state index is 0.522. The van der Waals surface area contributed by atoms with E-state index in [0.717, 1.165) is 42.9 Å². The summed E-state index contributed by atoms with van der Waals surface area (Å²) in [5, 5.41) is 7.49. The zero-order valence-electron chi connectivity index (χ0n) is 10.4. The molecule has 2 aromatic rings. The normalized spacial score (nSPS) is 16.8. The summed E-state index contributed by atoms with van der Waals surface area (Å²) in [7, 11) is 5.88. The highest BCUT2D eigenvalue weighted by Crippen LogP contribution is 2.30. The second kappa shape index (κ2) is 5.01. The van der Waals surface area contributed by atoms with Crippen LogP contribution in [0.25, 0.3) is 5.65 Å². The van der Waals surface area contributed by atoms with Crippen molar-refractivity contribution in [2.75, 3.05) is 36.8 Å². The fourth-order valence-electron chi connectivity index (χ4n) is 2.27. The van der Waals surface area contributed by atoms with Gasteiger partial charge in [0, 0.05) is 25.8 Å². The summed E-state index contributed by atoms with van der Waals surface area (Å²) in [6.45, 7) is 3.81. The summed E-state index contributed by atoms with van der Waals surface area (Å²) in [6.07, 6.45) is 2.65. The highest BCUT2D eigenvalue weighted by molar-refractivity contribution is 9.10. The largest absolute Gasteiger partial charge is 0.383 e. The Hall–Kier alpha value is -1.28. The number of nitrogens with zero attached hydrogens (tertiary/aromatic N) is 4. The molecule has 1 fully saturated rings. The number of nitrogens with two attached hydrogens (primary N) is 1. The molecule has 3 N–H and O–H groups in total. The standard InChI is InChI=1S/C11H14BBrN6/c12-7-6-16-19-9(14)8(13)11(17-10(7)19)18-4-1-2-15-3-5-18/h6,15H,1-5,14H2. The average Bonchev–Trinajstić information content (AvgIpc) is 2.64. The summed E-state index contributed by atoms with van der Waals surface area (Å²) in [5.74, 6) is 1.36. The van der Waals surface area contributed by atoms with Crippen LogP contribution in [0.1, 0.15) is 6.42 Å². The van der Waals surface area contributed by atoms with Crippen LogP contribution >= 0.6 is 15.9 Å². The summed E-state index contributed by atoms with van der Waals surface area (Å²) >= 11 is 3.52. The van der Waals surface area contributed by atoms with Crippen LogP contribution < -0.4 is 21.4 Å². The lowest BCUT2D eigenvalue weighted by molar-refractivity contribution is 0.724. The molecule has 2 radical (unpaired) electrons. The SMILES string of the molecule is [B]c1cnn2c(N)c(Br)c(N3CCCNCC3)nc12. The van der Waals surface area contributed by atoms with Crippen LogP contribution in [0.3, 0.4) is 0 Å². The number of anilines is 2. The van der Waals surface area contributed by atoms with Crippen LogP contribution in [0.5, 0.6) is 0 Å². The molecule has 8 heteroatoms.